The number of fused-ring (bicyclic) bond motifs is 1. The summed E-state index contributed by atoms with van der Waals surface area (Å²) in [5, 5.41) is 35.6. The Balaban J connectivity index is 1.29. The van der Waals surface area contributed by atoms with E-state index in [0.717, 1.165) is 4.90 Å². The maximum atomic E-state index is 13.5. The largest absolute Gasteiger partial charge is 0.508 e. The molecule has 230 valence electrons. The molecule has 3 aromatic rings. The van der Waals surface area contributed by atoms with Gasteiger partial charge in [-0.25, -0.2) is 9.48 Å². The Morgan fingerprint density at radius 1 is 1.25 bits per heavy atom. The van der Waals surface area contributed by atoms with Crippen LogP contribution in [0.1, 0.15) is 11.6 Å². The third-order valence-electron chi connectivity index (χ3n) is 6.52. The number of β-lactam (4-membered cyclic amide) rings is 1. The molecule has 0 bridgehead atoms. The first-order valence-electron chi connectivity index (χ1n) is 12.7. The molecule has 1 saturated heterocycles. The van der Waals surface area contributed by atoms with E-state index in [-0.39, 0.29) is 39.3 Å². The van der Waals surface area contributed by atoms with Crippen LogP contribution >= 0.6 is 35.1 Å². The second-order valence-corrected chi connectivity index (χ2v) is 11.9. The fraction of sp³-hybridized carbons (Fsp3) is 0.280. The van der Waals surface area contributed by atoms with Gasteiger partial charge in [0.1, 0.15) is 33.9 Å². The van der Waals surface area contributed by atoms with Crippen LogP contribution in [-0.2, 0) is 26.2 Å². The van der Waals surface area contributed by atoms with Crippen molar-refractivity contribution < 1.29 is 34.1 Å². The first-order chi connectivity index (χ1) is 21.0. The third kappa shape index (κ3) is 6.36. The average Bonchev–Trinajstić information content (AvgIpc) is 3.42. The van der Waals surface area contributed by atoms with Crippen molar-refractivity contribution in [2.24, 2.45) is 7.05 Å². The monoisotopic (exact) mass is 662 g/mol. The van der Waals surface area contributed by atoms with Gasteiger partial charge in [-0.1, -0.05) is 35.5 Å². The van der Waals surface area contributed by atoms with Crippen molar-refractivity contribution in [1.29, 1.82) is 0 Å². The number of ether oxygens (including phenoxy) is 1. The van der Waals surface area contributed by atoms with E-state index in [1.165, 1.54) is 64.9 Å². The summed E-state index contributed by atoms with van der Waals surface area (Å²) in [6, 6.07) is 3.05. The molecular weight excluding hydrogens is 640 g/mol. The number of carbonyl (C=O) groups excluding carboxylic acids is 3. The smallest absolute Gasteiger partial charge is 0.352 e. The van der Waals surface area contributed by atoms with E-state index in [0.29, 0.717) is 10.7 Å². The van der Waals surface area contributed by atoms with Gasteiger partial charge in [-0.2, -0.15) is 0 Å². The number of aromatic hydroxyl groups is 1. The van der Waals surface area contributed by atoms with E-state index in [4.69, 9.17) is 16.3 Å². The highest BCUT2D eigenvalue weighted by Crippen LogP contribution is 2.41. The zero-order chi connectivity index (χ0) is 31.5. The number of aromatic nitrogens is 5. The Kier molecular flexibility index (Phi) is 9.12. The molecule has 44 heavy (non-hydrogen) atoms. The van der Waals surface area contributed by atoms with E-state index in [9.17, 15) is 34.2 Å². The molecule has 16 nitrogen and oxygen atoms in total. The number of aryl methyl sites for hydroxylation is 1. The second-order valence-electron chi connectivity index (χ2n) is 9.40. The number of phenols is 1. The number of carbonyl (C=O) groups is 4. The molecule has 5 N–H and O–H groups in total. The van der Waals surface area contributed by atoms with Gasteiger partial charge >= 0.3 is 5.97 Å². The minimum absolute atomic E-state index is 0.0800. The fourth-order valence-electron chi connectivity index (χ4n) is 4.39. The van der Waals surface area contributed by atoms with Crippen LogP contribution in [-0.4, -0.2) is 93.5 Å². The molecular formula is C25H23ClN8O8S2. The Hall–Kier alpha value is -4.55. The van der Waals surface area contributed by atoms with E-state index < -0.39 is 53.2 Å². The number of pyridine rings is 1. The Labute approximate surface area is 261 Å². The highest BCUT2D eigenvalue weighted by atomic mass is 35.5. The predicted molar refractivity (Wildman–Crippen MR) is 156 cm³/mol. The molecule has 2 unspecified atom stereocenters. The fourth-order valence-corrected chi connectivity index (χ4v) is 6.88. The molecule has 4 heterocycles. The van der Waals surface area contributed by atoms with Crippen molar-refractivity contribution in [1.82, 2.24) is 40.7 Å². The van der Waals surface area contributed by atoms with Gasteiger partial charge in [0.2, 0.25) is 16.5 Å². The number of carboxylic acids is 1. The van der Waals surface area contributed by atoms with Crippen LogP contribution in [0.5, 0.6) is 11.5 Å². The molecule has 0 spiro atoms. The van der Waals surface area contributed by atoms with Crippen molar-refractivity contribution in [2.45, 2.75) is 22.6 Å². The van der Waals surface area contributed by atoms with E-state index in [2.05, 4.69) is 31.1 Å². The van der Waals surface area contributed by atoms with Gasteiger partial charge in [0, 0.05) is 30.9 Å². The number of aromatic amines is 1. The van der Waals surface area contributed by atoms with Crippen LogP contribution in [0.15, 0.2) is 57.9 Å². The van der Waals surface area contributed by atoms with Gasteiger partial charge in [-0.3, -0.25) is 24.1 Å². The number of nitrogens with one attached hydrogen (secondary N) is 3. The summed E-state index contributed by atoms with van der Waals surface area (Å²) >= 11 is 8.28. The normalized spacial score (nSPS) is 18.2. The number of tetrazole rings is 1. The third-order valence-corrected chi connectivity index (χ3v) is 9.24. The summed E-state index contributed by atoms with van der Waals surface area (Å²) in [6.45, 7) is -0.641. The molecule has 2 aromatic heterocycles. The van der Waals surface area contributed by atoms with Gasteiger partial charge in [0.05, 0.1) is 0 Å². The van der Waals surface area contributed by atoms with Crippen LogP contribution in [0.3, 0.4) is 0 Å². The molecule has 0 saturated carbocycles. The lowest BCUT2D eigenvalue weighted by atomic mass is 10.0. The van der Waals surface area contributed by atoms with Crippen molar-refractivity contribution in [2.75, 3.05) is 18.1 Å². The zero-order valence-corrected chi connectivity index (χ0v) is 25.0. The number of amides is 3. The maximum absolute atomic E-state index is 13.5. The maximum Gasteiger partial charge on any atom is 0.352 e. The summed E-state index contributed by atoms with van der Waals surface area (Å²) in [5.41, 5.74) is -0.0230. The summed E-state index contributed by atoms with van der Waals surface area (Å²) in [7, 11) is 1.65. The summed E-state index contributed by atoms with van der Waals surface area (Å²) in [5.74, 6) is -3.23. The molecule has 1 aromatic carbocycles. The first-order valence-corrected chi connectivity index (χ1v) is 15.1. The highest BCUT2D eigenvalue weighted by Gasteiger charge is 2.54. The number of hydrogen-bond acceptors (Lipinski definition) is 12. The van der Waals surface area contributed by atoms with Crippen LogP contribution in [0, 0.1) is 0 Å². The molecule has 19 heteroatoms. The predicted octanol–water partition coefficient (Wildman–Crippen LogP) is 0.0246. The van der Waals surface area contributed by atoms with E-state index in [1.54, 1.807) is 7.05 Å². The van der Waals surface area contributed by atoms with Crippen molar-refractivity contribution in [3.05, 3.63) is 68.7 Å². The number of aliphatic carboxylic acids is 1. The van der Waals surface area contributed by atoms with Crippen molar-refractivity contribution in [3.8, 4) is 11.5 Å². The van der Waals surface area contributed by atoms with Crippen LogP contribution in [0.25, 0.3) is 0 Å². The lowest BCUT2D eigenvalue weighted by Crippen LogP contribution is -2.71. The standard InChI is InChI=1S/C25H23ClN8O8S2/c1-33-25(30-31-32-33)44-10-12-9-43-23-18(22(39)34(23)19(12)24(40)41)29-21(38)17(11-2-4-13(35)5-3-11)28-16(36)8-42-15-7-27-6-14(26)20(15)37/h2-7,17-18,23,35H,8-10H2,1H3,(H,27,37)(H,28,36)(H,29,38)(H,40,41)/t17?,18?,23-/m0/s1. The van der Waals surface area contributed by atoms with E-state index in [1.807, 2.05) is 0 Å². The summed E-state index contributed by atoms with van der Waals surface area (Å²) in [6.07, 6.45) is 2.47. The summed E-state index contributed by atoms with van der Waals surface area (Å²) in [4.78, 5) is 67.5. The lowest BCUT2D eigenvalue weighted by Gasteiger charge is -2.49. The Morgan fingerprint density at radius 3 is 2.68 bits per heavy atom. The first kappa shape index (κ1) is 30.9. The zero-order valence-electron chi connectivity index (χ0n) is 22.6. The average molecular weight is 663 g/mol. The topological polar surface area (TPSA) is 222 Å². The van der Waals surface area contributed by atoms with Crippen LogP contribution < -0.4 is 20.8 Å². The summed E-state index contributed by atoms with van der Waals surface area (Å²) < 4.78 is 6.70. The number of phenolic OH excluding ortho intramolecular Hbond substituents is 1. The molecule has 0 aliphatic carbocycles. The van der Waals surface area contributed by atoms with Gasteiger partial charge < -0.3 is 30.6 Å². The van der Waals surface area contributed by atoms with Crippen molar-refractivity contribution >= 4 is 58.8 Å². The minimum atomic E-state index is -1.33. The SMILES string of the molecule is Cn1nnnc1SCC1=C(C(=O)O)N2C(=O)C(NC(=O)C(NC(=O)COc3c[nH]cc(Cl)c3=O)c3ccc(O)cc3)[C@@H]2SC1. The Bertz CT molecular complexity index is 1710. The molecule has 2 aliphatic heterocycles. The number of H-pyrrole nitrogens is 1. The lowest BCUT2D eigenvalue weighted by molar-refractivity contribution is -0.151. The van der Waals surface area contributed by atoms with Gasteiger partial charge in [-0.05, 0) is 33.7 Å². The molecule has 0 radical (unpaired) electrons. The van der Waals surface area contributed by atoms with Crippen LogP contribution in [0.4, 0.5) is 0 Å². The van der Waals surface area contributed by atoms with Gasteiger partial charge in [0.25, 0.3) is 11.8 Å². The van der Waals surface area contributed by atoms with Gasteiger partial charge in [0.15, 0.2) is 12.4 Å². The molecule has 3 amide bonds. The second kappa shape index (κ2) is 13.0. The number of nitrogens with zero attached hydrogens (tertiary/aromatic N) is 5. The number of thioether (sulfide) groups is 2. The quantitative estimate of drug-likeness (QED) is 0.135. The number of halogens is 1. The molecule has 5 rings (SSSR count). The number of carboxylic acid groups (broad SMARTS) is 1. The van der Waals surface area contributed by atoms with Gasteiger partial charge in [-0.15, -0.1) is 16.9 Å². The number of benzene rings is 1. The number of rotatable bonds is 11. The van der Waals surface area contributed by atoms with Crippen molar-refractivity contribution in [3.63, 3.8) is 0 Å². The minimum Gasteiger partial charge on any atom is -0.508 e. The molecule has 2 aliphatic rings. The van der Waals surface area contributed by atoms with Crippen LogP contribution in [0.2, 0.25) is 5.02 Å². The number of hydrogen-bond donors (Lipinski definition) is 5. The highest BCUT2D eigenvalue weighted by molar-refractivity contribution is 8.01. The van der Waals surface area contributed by atoms with E-state index >= 15 is 0 Å². The Morgan fingerprint density at radius 2 is 2.00 bits per heavy atom. The molecule has 1 fully saturated rings. The molecule has 3 atom stereocenters.